The van der Waals surface area contributed by atoms with Gasteiger partial charge in [0.15, 0.2) is 0 Å². The molecule has 1 unspecified atom stereocenters. The third-order valence-electron chi connectivity index (χ3n) is 6.98. The molecule has 1 fully saturated rings. The fourth-order valence-corrected chi connectivity index (χ4v) is 5.16. The van der Waals surface area contributed by atoms with Crippen LogP contribution in [0.2, 0.25) is 0 Å². The smallest absolute Gasteiger partial charge is 0.122 e. The van der Waals surface area contributed by atoms with Crippen molar-refractivity contribution in [3.63, 3.8) is 0 Å². The van der Waals surface area contributed by atoms with Crippen molar-refractivity contribution in [2.45, 2.75) is 25.7 Å². The Bertz CT molecular complexity index is 1240. The zero-order chi connectivity index (χ0) is 23.3. The van der Waals surface area contributed by atoms with Gasteiger partial charge in [0.25, 0.3) is 0 Å². The van der Waals surface area contributed by atoms with Crippen LogP contribution in [0.3, 0.4) is 0 Å². The second kappa shape index (κ2) is 11.6. The van der Waals surface area contributed by atoms with E-state index in [9.17, 15) is 0 Å². The van der Waals surface area contributed by atoms with Gasteiger partial charge in [0.1, 0.15) is 18.1 Å². The molecule has 0 spiro atoms. The Balaban J connectivity index is 0.00000289. The van der Waals surface area contributed by atoms with E-state index in [1.165, 1.54) is 59.0 Å². The van der Waals surface area contributed by atoms with Crippen molar-refractivity contribution in [2.75, 3.05) is 33.4 Å². The normalized spacial score (nSPS) is 14.5. The molecule has 1 saturated heterocycles. The summed E-state index contributed by atoms with van der Waals surface area (Å²) in [5.41, 5.74) is 5.01. The number of aryl methyl sites for hydroxylation is 1. The number of fused-ring (bicyclic) bond motifs is 1. The lowest BCUT2D eigenvalue weighted by Crippen LogP contribution is -2.25. The van der Waals surface area contributed by atoms with E-state index in [-0.39, 0.29) is 18.3 Å². The first-order valence-corrected chi connectivity index (χ1v) is 12.3. The fourth-order valence-electron chi connectivity index (χ4n) is 5.16. The van der Waals surface area contributed by atoms with E-state index in [0.29, 0.717) is 0 Å². The minimum atomic E-state index is 0. The number of hydrogen-bond acceptors (Lipinski definition) is 3. The van der Waals surface area contributed by atoms with Crippen LogP contribution >= 0.6 is 12.4 Å². The number of hydrogen-bond donors (Lipinski definition) is 0. The van der Waals surface area contributed by atoms with Gasteiger partial charge in [-0.1, -0.05) is 66.7 Å². The fraction of sp³-hybridized carbons (Fsp3) is 0.290. The predicted molar refractivity (Wildman–Crippen MR) is 147 cm³/mol. The first-order chi connectivity index (χ1) is 16.7. The third-order valence-corrected chi connectivity index (χ3v) is 6.98. The van der Waals surface area contributed by atoms with Gasteiger partial charge in [-0.2, -0.15) is 0 Å². The van der Waals surface area contributed by atoms with Crippen LogP contribution in [-0.4, -0.2) is 38.3 Å². The average Bonchev–Trinajstić information content (AvgIpc) is 3.40. The standard InChI is InChI=1S/C31H33NO2.ClH/c1-23-22-26(14-17-30(23)34-21-20-32-18-5-6-19-32)31(25-12-15-27(33-2)16-13-25)29-11-7-9-24-8-3-4-10-28(24)29;/h3-4,7-17,22,31H,5-6,18-21H2,1-2H3;1H. The van der Waals surface area contributed by atoms with Crippen LogP contribution in [-0.2, 0) is 0 Å². The van der Waals surface area contributed by atoms with Crippen molar-refractivity contribution in [1.29, 1.82) is 0 Å². The lowest BCUT2D eigenvalue weighted by atomic mass is 9.82. The Morgan fingerprint density at radius 2 is 1.54 bits per heavy atom. The summed E-state index contributed by atoms with van der Waals surface area (Å²) in [5.74, 6) is 1.97. The van der Waals surface area contributed by atoms with Crippen LogP contribution in [0.1, 0.15) is 41.0 Å². The van der Waals surface area contributed by atoms with Gasteiger partial charge in [0, 0.05) is 12.5 Å². The highest BCUT2D eigenvalue weighted by Crippen LogP contribution is 2.38. The molecule has 0 bridgehead atoms. The molecule has 182 valence electrons. The van der Waals surface area contributed by atoms with Crippen molar-refractivity contribution < 1.29 is 9.47 Å². The molecule has 35 heavy (non-hydrogen) atoms. The van der Waals surface area contributed by atoms with Crippen molar-refractivity contribution in [3.8, 4) is 11.5 Å². The Hall–Kier alpha value is -3.01. The van der Waals surface area contributed by atoms with Gasteiger partial charge in [-0.25, -0.2) is 0 Å². The number of halogens is 1. The van der Waals surface area contributed by atoms with Crippen LogP contribution in [0.5, 0.6) is 11.5 Å². The summed E-state index contributed by atoms with van der Waals surface area (Å²) in [6, 6.07) is 30.4. The maximum absolute atomic E-state index is 6.19. The topological polar surface area (TPSA) is 21.7 Å². The molecule has 1 aliphatic rings. The zero-order valence-corrected chi connectivity index (χ0v) is 21.4. The number of likely N-dealkylation sites (tertiary alicyclic amines) is 1. The number of ether oxygens (including phenoxy) is 2. The van der Waals surface area contributed by atoms with Gasteiger partial charge in [0.2, 0.25) is 0 Å². The van der Waals surface area contributed by atoms with Gasteiger partial charge in [-0.3, -0.25) is 4.90 Å². The molecule has 0 N–H and O–H groups in total. The van der Waals surface area contributed by atoms with E-state index >= 15 is 0 Å². The Morgan fingerprint density at radius 3 is 2.29 bits per heavy atom. The summed E-state index contributed by atoms with van der Waals surface area (Å²) in [4.78, 5) is 2.49. The van der Waals surface area contributed by atoms with Gasteiger partial charge in [-0.05, 0) is 84.1 Å². The molecular formula is C31H34ClNO2. The molecule has 0 amide bonds. The highest BCUT2D eigenvalue weighted by atomic mass is 35.5. The monoisotopic (exact) mass is 487 g/mol. The molecule has 4 aromatic carbocycles. The molecule has 0 aliphatic carbocycles. The van der Waals surface area contributed by atoms with E-state index in [1.807, 2.05) is 0 Å². The highest BCUT2D eigenvalue weighted by Gasteiger charge is 2.20. The van der Waals surface area contributed by atoms with E-state index in [2.05, 4.69) is 96.8 Å². The molecule has 1 atom stereocenters. The van der Waals surface area contributed by atoms with Crippen molar-refractivity contribution in [1.82, 2.24) is 4.90 Å². The van der Waals surface area contributed by atoms with Crippen LogP contribution in [0.25, 0.3) is 10.8 Å². The lowest BCUT2D eigenvalue weighted by molar-refractivity contribution is 0.237. The average molecular weight is 488 g/mol. The van der Waals surface area contributed by atoms with Crippen LogP contribution in [0, 0.1) is 6.92 Å². The van der Waals surface area contributed by atoms with Gasteiger partial charge < -0.3 is 9.47 Å². The van der Waals surface area contributed by atoms with Crippen LogP contribution in [0.4, 0.5) is 0 Å². The summed E-state index contributed by atoms with van der Waals surface area (Å²) in [6.45, 7) is 6.31. The molecule has 1 aliphatic heterocycles. The summed E-state index contributed by atoms with van der Waals surface area (Å²) in [7, 11) is 1.71. The Labute approximate surface area is 215 Å². The maximum atomic E-state index is 6.19. The SMILES string of the molecule is COc1ccc(C(c2ccc(OCCN3CCCC3)c(C)c2)c2cccc3ccccc23)cc1.Cl. The lowest BCUT2D eigenvalue weighted by Gasteiger charge is -2.22. The zero-order valence-electron chi connectivity index (χ0n) is 20.6. The van der Waals surface area contributed by atoms with E-state index in [4.69, 9.17) is 9.47 Å². The second-order valence-corrected chi connectivity index (χ2v) is 9.20. The molecule has 1 heterocycles. The molecule has 4 heteroatoms. The number of methoxy groups -OCH3 is 1. The number of rotatable bonds is 8. The van der Waals surface area contributed by atoms with E-state index in [1.54, 1.807) is 7.11 Å². The van der Waals surface area contributed by atoms with Gasteiger partial charge >= 0.3 is 0 Å². The van der Waals surface area contributed by atoms with E-state index < -0.39 is 0 Å². The van der Waals surface area contributed by atoms with E-state index in [0.717, 1.165) is 24.7 Å². The molecule has 0 saturated carbocycles. The Kier molecular flexibility index (Phi) is 8.33. The molecule has 0 aromatic heterocycles. The van der Waals surface area contributed by atoms with Crippen molar-refractivity contribution in [3.05, 3.63) is 107 Å². The van der Waals surface area contributed by atoms with Gasteiger partial charge in [-0.15, -0.1) is 12.4 Å². The first-order valence-electron chi connectivity index (χ1n) is 12.3. The van der Waals surface area contributed by atoms with Crippen LogP contribution in [0.15, 0.2) is 84.9 Å². The van der Waals surface area contributed by atoms with Crippen LogP contribution < -0.4 is 9.47 Å². The molecular weight excluding hydrogens is 454 g/mol. The third kappa shape index (κ3) is 5.63. The molecule has 0 radical (unpaired) electrons. The number of benzene rings is 4. The summed E-state index contributed by atoms with van der Waals surface area (Å²) < 4.78 is 11.6. The summed E-state index contributed by atoms with van der Waals surface area (Å²) in [5, 5.41) is 2.55. The maximum Gasteiger partial charge on any atom is 0.122 e. The predicted octanol–water partition coefficient (Wildman–Crippen LogP) is 7.23. The minimum Gasteiger partial charge on any atom is -0.497 e. The Morgan fingerprint density at radius 1 is 0.829 bits per heavy atom. The second-order valence-electron chi connectivity index (χ2n) is 9.20. The van der Waals surface area contributed by atoms with Gasteiger partial charge in [0.05, 0.1) is 7.11 Å². The summed E-state index contributed by atoms with van der Waals surface area (Å²) >= 11 is 0. The highest BCUT2D eigenvalue weighted by molar-refractivity contribution is 5.87. The summed E-state index contributed by atoms with van der Waals surface area (Å²) in [6.07, 6.45) is 2.63. The number of nitrogens with zero attached hydrogens (tertiary/aromatic N) is 1. The quantitative estimate of drug-likeness (QED) is 0.244. The van der Waals surface area contributed by atoms with Crippen molar-refractivity contribution in [2.24, 2.45) is 0 Å². The van der Waals surface area contributed by atoms with Crippen molar-refractivity contribution >= 4 is 23.2 Å². The first kappa shape index (κ1) is 25.1. The molecule has 5 rings (SSSR count). The minimum absolute atomic E-state index is 0. The largest absolute Gasteiger partial charge is 0.497 e. The molecule has 3 nitrogen and oxygen atoms in total. The molecule has 4 aromatic rings.